The molecule has 0 spiro atoms. The highest BCUT2D eigenvalue weighted by Crippen LogP contribution is 2.26. The van der Waals surface area contributed by atoms with Gasteiger partial charge in [0.05, 0.1) is 10.8 Å². The average molecular weight is 265 g/mol. The molecule has 1 atom stereocenters. The maximum absolute atomic E-state index is 10.8. The van der Waals surface area contributed by atoms with Crippen molar-refractivity contribution in [3.63, 3.8) is 0 Å². The van der Waals surface area contributed by atoms with E-state index in [2.05, 4.69) is 18.7 Å². The lowest BCUT2D eigenvalue weighted by Crippen LogP contribution is -2.36. The summed E-state index contributed by atoms with van der Waals surface area (Å²) in [6, 6.07) is 8.44. The van der Waals surface area contributed by atoms with E-state index >= 15 is 0 Å². The molecule has 100 valence electrons. The van der Waals surface area contributed by atoms with Crippen LogP contribution >= 0.6 is 0 Å². The summed E-state index contributed by atoms with van der Waals surface area (Å²) in [5.74, 6) is 0. The fraction of sp³-hybridized carbons (Fsp3) is 0.600. The van der Waals surface area contributed by atoms with Crippen LogP contribution < -0.4 is 0 Å². The molecule has 3 heterocycles. The average Bonchev–Trinajstić information content (AvgIpc) is 2.48. The Kier molecular flexibility index (Phi) is 4.95. The first-order chi connectivity index (χ1) is 8.72. The molecule has 1 aromatic rings. The molecule has 1 unspecified atom stereocenters. The van der Waals surface area contributed by atoms with Crippen molar-refractivity contribution in [3.8, 4) is 0 Å². The summed E-state index contributed by atoms with van der Waals surface area (Å²) in [5, 5.41) is 0. The molecule has 0 aromatic heterocycles. The van der Waals surface area contributed by atoms with Crippen LogP contribution in [0.25, 0.3) is 0 Å². The predicted molar refractivity (Wildman–Crippen MR) is 76.3 cm³/mol. The molecule has 18 heavy (non-hydrogen) atoms. The molecule has 3 aliphatic heterocycles. The Labute approximate surface area is 113 Å². The Morgan fingerprint density at radius 2 is 1.83 bits per heavy atom. The number of nitrogens with zero attached hydrogens (tertiary/aromatic N) is 1. The lowest BCUT2D eigenvalue weighted by atomic mass is 10.1. The van der Waals surface area contributed by atoms with Gasteiger partial charge in [-0.05, 0) is 57.5 Å². The molecule has 4 rings (SSSR count). The monoisotopic (exact) mass is 265 g/mol. The second-order valence-electron chi connectivity index (χ2n) is 5.10. The first-order valence-corrected chi connectivity index (χ1v) is 8.13. The van der Waals surface area contributed by atoms with Crippen molar-refractivity contribution < 1.29 is 4.21 Å². The van der Waals surface area contributed by atoms with Crippen LogP contribution in [0.15, 0.2) is 34.1 Å². The molecule has 3 heteroatoms. The van der Waals surface area contributed by atoms with Crippen molar-refractivity contribution >= 4 is 10.8 Å². The van der Waals surface area contributed by atoms with Crippen molar-refractivity contribution in [2.24, 2.45) is 0 Å². The number of rotatable bonds is 2. The van der Waals surface area contributed by atoms with E-state index in [9.17, 15) is 4.21 Å². The van der Waals surface area contributed by atoms with Crippen molar-refractivity contribution in [3.05, 3.63) is 24.3 Å². The van der Waals surface area contributed by atoms with Crippen molar-refractivity contribution in [1.82, 2.24) is 4.90 Å². The number of fused-ring (bicyclic) bond motifs is 2. The normalized spacial score (nSPS) is 20.6. The number of piperidine rings is 1. The van der Waals surface area contributed by atoms with Crippen LogP contribution in [-0.2, 0) is 10.8 Å². The van der Waals surface area contributed by atoms with Crippen LogP contribution in [0.2, 0.25) is 0 Å². The zero-order valence-electron chi connectivity index (χ0n) is 11.4. The first kappa shape index (κ1) is 13.8. The molecule has 1 aromatic carbocycles. The van der Waals surface area contributed by atoms with Crippen molar-refractivity contribution in [2.45, 2.75) is 55.4 Å². The summed E-state index contributed by atoms with van der Waals surface area (Å²) in [7, 11) is -0.752. The lowest BCUT2D eigenvalue weighted by Gasteiger charge is -2.31. The van der Waals surface area contributed by atoms with Gasteiger partial charge in [-0.2, -0.15) is 0 Å². The van der Waals surface area contributed by atoms with Crippen molar-refractivity contribution in [2.75, 3.05) is 13.1 Å². The summed E-state index contributed by atoms with van der Waals surface area (Å²) in [6.45, 7) is 7.30. The Morgan fingerprint density at radius 1 is 1.22 bits per heavy atom. The van der Waals surface area contributed by atoms with Crippen LogP contribution in [0, 0.1) is 0 Å². The van der Waals surface area contributed by atoms with E-state index in [1.54, 1.807) is 0 Å². The molecule has 1 fully saturated rings. The fourth-order valence-electron chi connectivity index (χ4n) is 2.40. The minimum Gasteiger partial charge on any atom is -0.301 e. The third kappa shape index (κ3) is 3.21. The van der Waals surface area contributed by atoms with Crippen LogP contribution in [-0.4, -0.2) is 28.2 Å². The van der Waals surface area contributed by atoms with E-state index in [1.807, 2.05) is 24.3 Å². The highest BCUT2D eigenvalue weighted by Gasteiger charge is 2.16. The zero-order valence-corrected chi connectivity index (χ0v) is 12.2. The predicted octanol–water partition coefficient (Wildman–Crippen LogP) is 3.44. The molecule has 0 amide bonds. The van der Waals surface area contributed by atoms with Gasteiger partial charge in [0, 0.05) is 15.8 Å². The molecule has 2 nitrogen and oxygen atoms in total. The lowest BCUT2D eigenvalue weighted by molar-refractivity contribution is 0.170. The molecule has 2 bridgehead atoms. The highest BCUT2D eigenvalue weighted by molar-refractivity contribution is 7.86. The van der Waals surface area contributed by atoms with E-state index in [1.165, 1.54) is 38.8 Å². The van der Waals surface area contributed by atoms with Gasteiger partial charge in [-0.15, -0.1) is 0 Å². The number of hydrogen-bond acceptors (Lipinski definition) is 2. The smallest absolute Gasteiger partial charge is 0.0850 e. The minimum absolute atomic E-state index is 0.752. The van der Waals surface area contributed by atoms with Gasteiger partial charge in [0.2, 0.25) is 0 Å². The van der Waals surface area contributed by atoms with Gasteiger partial charge < -0.3 is 4.90 Å². The number of likely N-dealkylation sites (tertiary alicyclic amines) is 1. The Balaban J connectivity index is 0.000000136. The zero-order chi connectivity index (χ0) is 13.0. The molecule has 0 saturated carbocycles. The topological polar surface area (TPSA) is 20.3 Å². The summed E-state index contributed by atoms with van der Waals surface area (Å²) >= 11 is 0. The summed E-state index contributed by atoms with van der Waals surface area (Å²) < 4.78 is 10.8. The summed E-state index contributed by atoms with van der Waals surface area (Å²) in [4.78, 5) is 4.54. The van der Waals surface area contributed by atoms with E-state index in [-0.39, 0.29) is 0 Å². The molecule has 0 N–H and O–H groups in total. The Hall–Kier alpha value is -0.670. The van der Waals surface area contributed by atoms with E-state index in [0.717, 1.165) is 15.8 Å². The van der Waals surface area contributed by atoms with Gasteiger partial charge in [0.15, 0.2) is 0 Å². The number of hydrogen-bond donors (Lipinski definition) is 0. The minimum atomic E-state index is -0.752. The van der Waals surface area contributed by atoms with Crippen molar-refractivity contribution in [1.29, 1.82) is 0 Å². The second kappa shape index (κ2) is 6.48. The van der Waals surface area contributed by atoms with Crippen LogP contribution in [0.1, 0.15) is 39.5 Å². The maximum atomic E-state index is 10.8. The largest absolute Gasteiger partial charge is 0.301 e. The molecule has 0 radical (unpaired) electrons. The van der Waals surface area contributed by atoms with Gasteiger partial charge in [0.25, 0.3) is 0 Å². The standard InChI is InChI=1S/C9H19N.C6H4OS/c1-3-9(2)10-7-5-4-6-8-10;7-8-5-2-1-3-6(8)4-5/h9H,3-8H2,1-2H3;1-4H. The van der Waals surface area contributed by atoms with E-state index < -0.39 is 10.8 Å². The van der Waals surface area contributed by atoms with Gasteiger partial charge in [-0.1, -0.05) is 19.4 Å². The van der Waals surface area contributed by atoms with Gasteiger partial charge in [-0.25, -0.2) is 4.21 Å². The third-order valence-corrected chi connectivity index (χ3v) is 5.20. The molecule has 3 aliphatic rings. The molecular weight excluding hydrogens is 242 g/mol. The third-order valence-electron chi connectivity index (χ3n) is 3.84. The van der Waals surface area contributed by atoms with Crippen LogP contribution in [0.3, 0.4) is 0 Å². The second-order valence-corrected chi connectivity index (χ2v) is 6.58. The summed E-state index contributed by atoms with van der Waals surface area (Å²) in [6.07, 6.45) is 5.60. The van der Waals surface area contributed by atoms with Gasteiger partial charge in [0.1, 0.15) is 0 Å². The van der Waals surface area contributed by atoms with E-state index in [4.69, 9.17) is 0 Å². The van der Waals surface area contributed by atoms with Gasteiger partial charge >= 0.3 is 0 Å². The first-order valence-electron chi connectivity index (χ1n) is 6.98. The SMILES string of the molecule is CCC(C)N1CCCCC1.O=S1c2cccc1c2. The quantitative estimate of drug-likeness (QED) is 0.829. The highest BCUT2D eigenvalue weighted by atomic mass is 32.2. The fourth-order valence-corrected chi connectivity index (χ4v) is 3.36. The number of benzene rings is 1. The molecular formula is C15H23NOS. The Morgan fingerprint density at radius 3 is 2.22 bits per heavy atom. The van der Waals surface area contributed by atoms with Crippen LogP contribution in [0.5, 0.6) is 0 Å². The summed E-state index contributed by atoms with van der Waals surface area (Å²) in [5.41, 5.74) is 0. The van der Waals surface area contributed by atoms with Crippen LogP contribution in [0.4, 0.5) is 0 Å². The molecule has 1 saturated heterocycles. The molecule has 0 aliphatic carbocycles. The Bertz CT molecular complexity index is 384. The maximum Gasteiger partial charge on any atom is 0.0850 e. The van der Waals surface area contributed by atoms with E-state index in [0.29, 0.717) is 0 Å². The van der Waals surface area contributed by atoms with Gasteiger partial charge in [-0.3, -0.25) is 0 Å².